The van der Waals surface area contributed by atoms with Crippen molar-refractivity contribution in [1.29, 1.82) is 0 Å². The summed E-state index contributed by atoms with van der Waals surface area (Å²) in [5.41, 5.74) is 1.11. The number of nitrogens with zero attached hydrogens (tertiary/aromatic N) is 2. The van der Waals surface area contributed by atoms with E-state index in [-0.39, 0.29) is 12.4 Å². The van der Waals surface area contributed by atoms with Crippen LogP contribution in [-0.2, 0) is 0 Å². The van der Waals surface area contributed by atoms with Gasteiger partial charge in [0.2, 0.25) is 12.7 Å². The number of para-hydroxylation sites is 1. The van der Waals surface area contributed by atoms with E-state index >= 15 is 0 Å². The highest BCUT2D eigenvalue weighted by Crippen LogP contribution is 2.35. The van der Waals surface area contributed by atoms with Gasteiger partial charge in [-0.3, -0.25) is 14.8 Å². The third-order valence-electron chi connectivity index (χ3n) is 4.59. The highest BCUT2D eigenvalue weighted by atomic mass is 16.7. The van der Waals surface area contributed by atoms with Gasteiger partial charge in [-0.15, -0.1) is 0 Å². The number of nitrogens with one attached hydrogen (secondary N) is 1. The largest absolute Gasteiger partial charge is 0.494 e. The molecule has 0 fully saturated rings. The number of aromatic hydroxyl groups is 1. The number of hydrogen-bond acceptors (Lipinski definition) is 6. The van der Waals surface area contributed by atoms with Crippen LogP contribution in [0.4, 0.5) is 5.69 Å². The minimum atomic E-state index is -0.760. The summed E-state index contributed by atoms with van der Waals surface area (Å²) in [7, 11) is 0. The first kappa shape index (κ1) is 16.1. The Labute approximate surface area is 157 Å². The summed E-state index contributed by atoms with van der Waals surface area (Å²) in [5, 5.41) is 10.7. The summed E-state index contributed by atoms with van der Waals surface area (Å²) in [5.74, 6) is 0.520. The molecule has 0 saturated carbocycles. The Kier molecular flexibility index (Phi) is 3.45. The van der Waals surface area contributed by atoms with E-state index in [0.29, 0.717) is 22.8 Å². The Hall–Kier alpha value is -4.07. The van der Waals surface area contributed by atoms with E-state index in [2.05, 4.69) is 9.98 Å². The van der Waals surface area contributed by atoms with Crippen LogP contribution in [0, 0.1) is 0 Å². The molecule has 5 rings (SSSR count). The molecule has 0 amide bonds. The number of aromatic nitrogens is 2. The Morgan fingerprint density at radius 2 is 1.93 bits per heavy atom. The average Bonchev–Trinajstić information content (AvgIpc) is 3.31. The molecule has 3 aromatic rings. The van der Waals surface area contributed by atoms with Crippen LogP contribution in [0.25, 0.3) is 17.3 Å². The monoisotopic (exact) mass is 375 g/mol. The third-order valence-corrected chi connectivity index (χ3v) is 4.59. The molecular weight excluding hydrogens is 362 g/mol. The van der Waals surface area contributed by atoms with Crippen molar-refractivity contribution < 1.29 is 14.6 Å². The van der Waals surface area contributed by atoms with Gasteiger partial charge in [-0.05, 0) is 24.3 Å². The Morgan fingerprint density at radius 3 is 2.82 bits per heavy atom. The molecule has 0 saturated heterocycles. The summed E-state index contributed by atoms with van der Waals surface area (Å²) in [6.45, 7) is 0.0847. The van der Waals surface area contributed by atoms with Crippen LogP contribution in [0.5, 0.6) is 17.4 Å². The van der Waals surface area contributed by atoms with Gasteiger partial charge in [0, 0.05) is 23.4 Å². The highest BCUT2D eigenvalue weighted by molar-refractivity contribution is 6.21. The number of aromatic amines is 1. The first-order valence-corrected chi connectivity index (χ1v) is 8.45. The van der Waals surface area contributed by atoms with E-state index in [9.17, 15) is 14.7 Å². The predicted octanol–water partition coefficient (Wildman–Crippen LogP) is 2.22. The average molecular weight is 375 g/mol. The number of hydrogen-bond donors (Lipinski definition) is 2. The van der Waals surface area contributed by atoms with Crippen molar-refractivity contribution in [2.75, 3.05) is 6.79 Å². The van der Waals surface area contributed by atoms with Gasteiger partial charge in [0.25, 0.3) is 5.56 Å². The second kappa shape index (κ2) is 5.98. The highest BCUT2D eigenvalue weighted by Gasteiger charge is 2.20. The lowest BCUT2D eigenvalue weighted by atomic mass is 10.1. The Morgan fingerprint density at radius 1 is 1.11 bits per heavy atom. The first-order chi connectivity index (χ1) is 13.6. The minimum Gasteiger partial charge on any atom is -0.494 e. The van der Waals surface area contributed by atoms with E-state index in [1.165, 1.54) is 6.08 Å². The Bertz CT molecular complexity index is 1300. The van der Waals surface area contributed by atoms with Crippen molar-refractivity contribution in [3.63, 3.8) is 0 Å². The lowest BCUT2D eigenvalue weighted by molar-refractivity contribution is 0.174. The van der Waals surface area contributed by atoms with Crippen molar-refractivity contribution in [2.45, 2.75) is 0 Å². The van der Waals surface area contributed by atoms with Crippen LogP contribution < -0.4 is 20.7 Å². The van der Waals surface area contributed by atoms with E-state index in [0.717, 1.165) is 15.8 Å². The summed E-state index contributed by atoms with van der Waals surface area (Å²) >= 11 is 0. The second-order valence-corrected chi connectivity index (χ2v) is 6.24. The standard InChI is InChI=1S/C20H13N3O5/c24-18-14(7-11-9-21-15-4-2-1-3-13(11)15)19(25)23(20(26)22-18)12-5-6-16-17(8-12)28-10-27-16/h1-9,25H,10H2,(H,22,24,26)/b11-7-. The van der Waals surface area contributed by atoms with Gasteiger partial charge in [-0.1, -0.05) is 18.2 Å². The quantitative estimate of drug-likeness (QED) is 0.714. The van der Waals surface area contributed by atoms with Gasteiger partial charge in [-0.25, -0.2) is 9.36 Å². The van der Waals surface area contributed by atoms with Crippen LogP contribution in [0.15, 0.2) is 57.0 Å². The topological polar surface area (TPSA) is 106 Å². The molecule has 0 radical (unpaired) electrons. The molecule has 2 aliphatic rings. The van der Waals surface area contributed by atoms with Gasteiger partial charge >= 0.3 is 5.69 Å². The number of fused-ring (bicyclic) bond motifs is 2. The lowest BCUT2D eigenvalue weighted by Crippen LogP contribution is -2.30. The maximum atomic E-state index is 12.4. The summed E-state index contributed by atoms with van der Waals surface area (Å²) in [6, 6.07) is 12.2. The van der Waals surface area contributed by atoms with Crippen LogP contribution in [0.3, 0.4) is 0 Å². The molecule has 0 unspecified atom stereocenters. The zero-order valence-electron chi connectivity index (χ0n) is 14.4. The molecule has 0 aliphatic carbocycles. The molecule has 2 N–H and O–H groups in total. The minimum absolute atomic E-state index is 0.0459. The Balaban J connectivity index is 1.68. The van der Waals surface area contributed by atoms with Crippen molar-refractivity contribution >= 4 is 23.6 Å². The maximum absolute atomic E-state index is 12.4. The molecule has 0 bridgehead atoms. The van der Waals surface area contributed by atoms with Crippen molar-refractivity contribution in [3.8, 4) is 23.1 Å². The van der Waals surface area contributed by atoms with Crippen molar-refractivity contribution in [1.82, 2.24) is 9.55 Å². The summed E-state index contributed by atoms with van der Waals surface area (Å²) in [4.78, 5) is 31.3. The molecule has 8 heteroatoms. The molecule has 0 spiro atoms. The van der Waals surface area contributed by atoms with Crippen LogP contribution in [0.1, 0.15) is 11.1 Å². The van der Waals surface area contributed by atoms with E-state index in [1.807, 2.05) is 24.3 Å². The van der Waals surface area contributed by atoms with Crippen LogP contribution in [-0.4, -0.2) is 27.7 Å². The lowest BCUT2D eigenvalue weighted by Gasteiger charge is -2.11. The number of benzene rings is 2. The fourth-order valence-corrected chi connectivity index (χ4v) is 3.24. The van der Waals surface area contributed by atoms with E-state index in [1.54, 1.807) is 24.4 Å². The molecule has 1 aromatic heterocycles. The van der Waals surface area contributed by atoms with Crippen molar-refractivity contribution in [2.24, 2.45) is 4.99 Å². The molecular formula is C20H13N3O5. The predicted molar refractivity (Wildman–Crippen MR) is 103 cm³/mol. The number of rotatable bonds is 2. The smallest absolute Gasteiger partial charge is 0.335 e. The number of aliphatic imine (C=N–C) groups is 1. The van der Waals surface area contributed by atoms with Gasteiger partial charge in [0.1, 0.15) is 5.56 Å². The molecule has 28 heavy (non-hydrogen) atoms. The zero-order valence-corrected chi connectivity index (χ0v) is 14.4. The number of ether oxygens (including phenoxy) is 2. The van der Waals surface area contributed by atoms with Gasteiger partial charge in [-0.2, -0.15) is 0 Å². The SMILES string of the molecule is O=c1[nH]c(=O)n(-c2ccc3c(c2)OCO3)c(O)c1/C=C1/C=Nc2ccccc21. The van der Waals surface area contributed by atoms with Gasteiger partial charge < -0.3 is 14.6 Å². The molecule has 138 valence electrons. The number of allylic oxidation sites excluding steroid dienone is 1. The number of H-pyrrole nitrogens is 1. The van der Waals surface area contributed by atoms with Gasteiger partial charge in [0.05, 0.1) is 11.4 Å². The van der Waals surface area contributed by atoms with Crippen LogP contribution in [0.2, 0.25) is 0 Å². The normalized spacial score (nSPS) is 15.2. The van der Waals surface area contributed by atoms with Crippen molar-refractivity contribution in [3.05, 3.63) is 74.4 Å². The summed E-state index contributed by atoms with van der Waals surface area (Å²) in [6.07, 6.45) is 3.12. The maximum Gasteiger partial charge on any atom is 0.335 e. The molecule has 2 aromatic carbocycles. The summed E-state index contributed by atoms with van der Waals surface area (Å²) < 4.78 is 11.6. The van der Waals surface area contributed by atoms with Gasteiger partial charge in [0.15, 0.2) is 11.5 Å². The molecule has 3 heterocycles. The fourth-order valence-electron chi connectivity index (χ4n) is 3.24. The van der Waals surface area contributed by atoms with Crippen LogP contribution >= 0.6 is 0 Å². The zero-order chi connectivity index (χ0) is 19.3. The first-order valence-electron chi connectivity index (χ1n) is 8.45. The van der Waals surface area contributed by atoms with E-state index < -0.39 is 17.1 Å². The third kappa shape index (κ3) is 2.43. The fraction of sp³-hybridized carbons (Fsp3) is 0.0500. The molecule has 2 aliphatic heterocycles. The van der Waals surface area contributed by atoms with E-state index in [4.69, 9.17) is 9.47 Å². The second-order valence-electron chi connectivity index (χ2n) is 6.24. The molecule has 0 atom stereocenters. The molecule has 8 nitrogen and oxygen atoms in total.